The number of carbonyl (C=O) groups is 1. The molecule has 1 heterocycles. The fraction of sp³-hybridized carbons (Fsp3) is 0.615. The first kappa shape index (κ1) is 12.2. The third kappa shape index (κ3) is 2.69. The standard InChI is InChI=1S/C13H19NO3/c1-13(2,10-4-5-10)14-8-9-6-7-17-11(9)12(15)16-3/h6-7,10,14H,4-5,8H2,1-3H3. The van der Waals surface area contributed by atoms with Crippen LogP contribution >= 0.6 is 0 Å². The van der Waals surface area contributed by atoms with E-state index in [1.165, 1.54) is 26.2 Å². The van der Waals surface area contributed by atoms with Crippen molar-refractivity contribution in [3.05, 3.63) is 23.7 Å². The number of furan rings is 1. The highest BCUT2D eigenvalue weighted by Crippen LogP contribution is 2.39. The van der Waals surface area contributed by atoms with Crippen molar-refractivity contribution in [3.8, 4) is 0 Å². The molecule has 1 aromatic heterocycles. The highest BCUT2D eigenvalue weighted by molar-refractivity contribution is 5.87. The Morgan fingerprint density at radius 2 is 2.29 bits per heavy atom. The first-order valence-corrected chi connectivity index (χ1v) is 5.94. The number of hydrogen-bond donors (Lipinski definition) is 1. The molecule has 4 heteroatoms. The molecule has 4 nitrogen and oxygen atoms in total. The molecule has 0 spiro atoms. The molecule has 0 aromatic carbocycles. The van der Waals surface area contributed by atoms with Gasteiger partial charge in [-0.05, 0) is 38.7 Å². The molecule has 1 fully saturated rings. The second kappa shape index (κ2) is 4.53. The summed E-state index contributed by atoms with van der Waals surface area (Å²) < 4.78 is 9.81. The van der Waals surface area contributed by atoms with Crippen molar-refractivity contribution in [2.45, 2.75) is 38.8 Å². The summed E-state index contributed by atoms with van der Waals surface area (Å²) in [7, 11) is 1.36. The lowest BCUT2D eigenvalue weighted by atomic mass is 9.98. The minimum Gasteiger partial charge on any atom is -0.463 e. The second-order valence-electron chi connectivity index (χ2n) is 5.12. The molecule has 0 amide bonds. The van der Waals surface area contributed by atoms with Crippen LogP contribution in [0.5, 0.6) is 0 Å². The average molecular weight is 237 g/mol. The van der Waals surface area contributed by atoms with Crippen LogP contribution in [0.4, 0.5) is 0 Å². The van der Waals surface area contributed by atoms with E-state index in [0.717, 1.165) is 11.5 Å². The number of nitrogens with one attached hydrogen (secondary N) is 1. The van der Waals surface area contributed by atoms with Crippen LogP contribution in [0.1, 0.15) is 42.8 Å². The van der Waals surface area contributed by atoms with Gasteiger partial charge in [0.25, 0.3) is 0 Å². The Morgan fingerprint density at radius 3 is 2.88 bits per heavy atom. The van der Waals surface area contributed by atoms with Gasteiger partial charge in [-0.25, -0.2) is 4.79 Å². The smallest absolute Gasteiger partial charge is 0.374 e. The summed E-state index contributed by atoms with van der Waals surface area (Å²) in [4.78, 5) is 11.4. The average Bonchev–Trinajstić information content (AvgIpc) is 3.06. The predicted molar refractivity (Wildman–Crippen MR) is 63.7 cm³/mol. The van der Waals surface area contributed by atoms with Crippen LogP contribution in [0.2, 0.25) is 0 Å². The van der Waals surface area contributed by atoms with E-state index in [1.54, 1.807) is 0 Å². The summed E-state index contributed by atoms with van der Waals surface area (Å²) >= 11 is 0. The Labute approximate surface area is 101 Å². The van der Waals surface area contributed by atoms with E-state index in [0.29, 0.717) is 12.3 Å². The minimum atomic E-state index is -0.420. The van der Waals surface area contributed by atoms with E-state index in [-0.39, 0.29) is 5.54 Å². The van der Waals surface area contributed by atoms with Crippen LogP contribution in [-0.2, 0) is 11.3 Å². The van der Waals surface area contributed by atoms with Gasteiger partial charge in [0.1, 0.15) is 0 Å². The Kier molecular flexibility index (Phi) is 3.24. The molecule has 0 radical (unpaired) electrons. The second-order valence-corrected chi connectivity index (χ2v) is 5.12. The molecule has 0 bridgehead atoms. The summed E-state index contributed by atoms with van der Waals surface area (Å²) in [6.45, 7) is 5.02. The SMILES string of the molecule is COC(=O)c1occc1CNC(C)(C)C1CC1. The van der Waals surface area contributed by atoms with Crippen molar-refractivity contribution in [1.82, 2.24) is 5.32 Å². The van der Waals surface area contributed by atoms with Crippen LogP contribution in [0.25, 0.3) is 0 Å². The maximum atomic E-state index is 11.4. The molecule has 0 unspecified atom stereocenters. The van der Waals surface area contributed by atoms with Crippen molar-refractivity contribution in [2.24, 2.45) is 5.92 Å². The number of rotatable bonds is 5. The van der Waals surface area contributed by atoms with E-state index in [1.807, 2.05) is 6.07 Å². The third-order valence-corrected chi connectivity index (χ3v) is 3.45. The monoisotopic (exact) mass is 237 g/mol. The molecule has 0 atom stereocenters. The number of hydrogen-bond acceptors (Lipinski definition) is 4. The Morgan fingerprint density at radius 1 is 1.59 bits per heavy atom. The topological polar surface area (TPSA) is 51.5 Å². The van der Waals surface area contributed by atoms with E-state index in [2.05, 4.69) is 23.9 Å². The summed E-state index contributed by atoms with van der Waals surface area (Å²) in [6, 6.07) is 1.81. The van der Waals surface area contributed by atoms with Gasteiger partial charge < -0.3 is 14.5 Å². The zero-order chi connectivity index (χ0) is 12.5. The van der Waals surface area contributed by atoms with Crippen LogP contribution in [0.3, 0.4) is 0 Å². The molecule has 94 valence electrons. The molecule has 0 saturated heterocycles. The van der Waals surface area contributed by atoms with Gasteiger partial charge in [-0.3, -0.25) is 0 Å². The molecule has 1 aliphatic rings. The van der Waals surface area contributed by atoms with Crippen molar-refractivity contribution >= 4 is 5.97 Å². The maximum Gasteiger partial charge on any atom is 0.374 e. The fourth-order valence-electron chi connectivity index (χ4n) is 2.02. The van der Waals surface area contributed by atoms with Gasteiger partial charge in [0.2, 0.25) is 5.76 Å². The zero-order valence-electron chi connectivity index (χ0n) is 10.6. The Hall–Kier alpha value is -1.29. The van der Waals surface area contributed by atoms with Crippen molar-refractivity contribution in [3.63, 3.8) is 0 Å². The van der Waals surface area contributed by atoms with Crippen LogP contribution in [0.15, 0.2) is 16.7 Å². The van der Waals surface area contributed by atoms with Gasteiger partial charge in [0.05, 0.1) is 13.4 Å². The van der Waals surface area contributed by atoms with E-state index in [4.69, 9.17) is 4.42 Å². The zero-order valence-corrected chi connectivity index (χ0v) is 10.6. The predicted octanol–water partition coefficient (Wildman–Crippen LogP) is 2.34. The van der Waals surface area contributed by atoms with Crippen LogP contribution in [0, 0.1) is 5.92 Å². The molecule has 1 N–H and O–H groups in total. The lowest BCUT2D eigenvalue weighted by molar-refractivity contribution is 0.0563. The van der Waals surface area contributed by atoms with E-state index in [9.17, 15) is 4.79 Å². The highest BCUT2D eigenvalue weighted by Gasteiger charge is 2.37. The van der Waals surface area contributed by atoms with E-state index < -0.39 is 5.97 Å². The fourth-order valence-corrected chi connectivity index (χ4v) is 2.02. The van der Waals surface area contributed by atoms with E-state index >= 15 is 0 Å². The first-order valence-electron chi connectivity index (χ1n) is 5.94. The van der Waals surface area contributed by atoms with Gasteiger partial charge in [0.15, 0.2) is 0 Å². The molecule has 17 heavy (non-hydrogen) atoms. The van der Waals surface area contributed by atoms with Gasteiger partial charge in [-0.2, -0.15) is 0 Å². The number of ether oxygens (including phenoxy) is 1. The summed E-state index contributed by atoms with van der Waals surface area (Å²) in [5.41, 5.74) is 0.968. The van der Waals surface area contributed by atoms with Gasteiger partial charge in [-0.15, -0.1) is 0 Å². The molecule has 2 rings (SSSR count). The molecular weight excluding hydrogens is 218 g/mol. The minimum absolute atomic E-state index is 0.116. The summed E-state index contributed by atoms with van der Waals surface area (Å²) in [6.07, 6.45) is 4.10. The van der Waals surface area contributed by atoms with Crippen molar-refractivity contribution in [1.29, 1.82) is 0 Å². The number of methoxy groups -OCH3 is 1. The molecule has 1 saturated carbocycles. The number of esters is 1. The third-order valence-electron chi connectivity index (χ3n) is 3.45. The lowest BCUT2D eigenvalue weighted by Crippen LogP contribution is -2.40. The van der Waals surface area contributed by atoms with Gasteiger partial charge >= 0.3 is 5.97 Å². The molecule has 1 aromatic rings. The summed E-state index contributed by atoms with van der Waals surface area (Å²) in [5, 5.41) is 3.47. The highest BCUT2D eigenvalue weighted by atomic mass is 16.5. The quantitative estimate of drug-likeness (QED) is 0.799. The van der Waals surface area contributed by atoms with Crippen LogP contribution < -0.4 is 5.32 Å². The molecule has 1 aliphatic carbocycles. The maximum absolute atomic E-state index is 11.4. The Balaban J connectivity index is 1.99. The summed E-state index contributed by atoms with van der Waals surface area (Å²) in [5.74, 6) is 0.624. The van der Waals surface area contributed by atoms with Crippen molar-refractivity contribution in [2.75, 3.05) is 7.11 Å². The number of carbonyl (C=O) groups excluding carboxylic acids is 1. The first-order chi connectivity index (χ1) is 8.04. The van der Waals surface area contributed by atoms with Gasteiger partial charge in [-0.1, -0.05) is 0 Å². The lowest BCUT2D eigenvalue weighted by Gasteiger charge is -2.26. The van der Waals surface area contributed by atoms with Crippen LogP contribution in [-0.4, -0.2) is 18.6 Å². The molecule has 0 aliphatic heterocycles. The van der Waals surface area contributed by atoms with Crippen molar-refractivity contribution < 1.29 is 13.9 Å². The molecular formula is C13H19NO3. The Bertz CT molecular complexity index is 405. The normalized spacial score (nSPS) is 15.9. The van der Waals surface area contributed by atoms with Gasteiger partial charge in [0, 0.05) is 17.6 Å². The largest absolute Gasteiger partial charge is 0.463 e.